The molecule has 1 unspecified atom stereocenters. The van der Waals surface area contributed by atoms with Gasteiger partial charge in [-0.1, -0.05) is 19.1 Å². The van der Waals surface area contributed by atoms with Crippen molar-refractivity contribution < 1.29 is 4.39 Å². The number of anilines is 1. The summed E-state index contributed by atoms with van der Waals surface area (Å²) < 4.78 is 17.2. The topological polar surface area (TPSA) is 53.6 Å². The van der Waals surface area contributed by atoms with E-state index in [1.807, 2.05) is 42.9 Å². The molecule has 26 heavy (non-hydrogen) atoms. The lowest BCUT2D eigenvalue weighted by Gasteiger charge is -2.21. The molecule has 0 aliphatic rings. The summed E-state index contributed by atoms with van der Waals surface area (Å²) in [5.74, 6) is 0.404. The monoisotopic (exact) mass is 412 g/mol. The summed E-state index contributed by atoms with van der Waals surface area (Å²) in [6.45, 7) is 2.04. The maximum atomic E-state index is 14.7. The van der Waals surface area contributed by atoms with Crippen LogP contribution in [0.1, 0.15) is 35.5 Å². The summed E-state index contributed by atoms with van der Waals surface area (Å²) in [4.78, 5) is 4.51. The van der Waals surface area contributed by atoms with Gasteiger partial charge >= 0.3 is 0 Å². The van der Waals surface area contributed by atoms with Gasteiger partial charge in [-0.25, -0.2) is 9.37 Å². The fourth-order valence-electron chi connectivity index (χ4n) is 2.83. The van der Waals surface area contributed by atoms with Gasteiger partial charge in [-0.2, -0.15) is 5.26 Å². The first-order valence-corrected chi connectivity index (χ1v) is 9.05. The molecule has 0 amide bonds. The predicted molar refractivity (Wildman–Crippen MR) is 103 cm³/mol. The molecule has 1 N–H and O–H groups in total. The van der Waals surface area contributed by atoms with Gasteiger partial charge in [0, 0.05) is 24.5 Å². The second kappa shape index (κ2) is 7.71. The Hall–Kier alpha value is -2.65. The van der Waals surface area contributed by atoms with Gasteiger partial charge < -0.3 is 9.88 Å². The Kier molecular flexibility index (Phi) is 5.38. The zero-order valence-corrected chi connectivity index (χ0v) is 16.1. The van der Waals surface area contributed by atoms with Crippen LogP contribution in [0.5, 0.6) is 0 Å². The van der Waals surface area contributed by atoms with E-state index in [2.05, 4.69) is 32.3 Å². The second-order valence-corrected chi connectivity index (χ2v) is 6.82. The van der Waals surface area contributed by atoms with E-state index in [1.165, 1.54) is 6.07 Å². The Labute approximate surface area is 160 Å². The van der Waals surface area contributed by atoms with Crippen molar-refractivity contribution in [3.05, 3.63) is 81.6 Å². The van der Waals surface area contributed by atoms with Crippen LogP contribution < -0.4 is 5.32 Å². The van der Waals surface area contributed by atoms with Crippen molar-refractivity contribution in [2.45, 2.75) is 19.4 Å². The molecule has 3 aromatic rings. The number of hydrogen-bond donors (Lipinski definition) is 1. The quantitative estimate of drug-likeness (QED) is 0.644. The molecular formula is C20H18BrFN4. The summed E-state index contributed by atoms with van der Waals surface area (Å²) in [5.41, 5.74) is 2.96. The number of halogens is 2. The highest BCUT2D eigenvalue weighted by Crippen LogP contribution is 2.30. The van der Waals surface area contributed by atoms with E-state index in [0.717, 1.165) is 17.7 Å². The van der Waals surface area contributed by atoms with Gasteiger partial charge in [0.05, 0.1) is 11.6 Å². The summed E-state index contributed by atoms with van der Waals surface area (Å²) >= 11 is 3.39. The van der Waals surface area contributed by atoms with Gasteiger partial charge in [-0.3, -0.25) is 0 Å². The number of rotatable bonds is 5. The van der Waals surface area contributed by atoms with Crippen LogP contribution in [0.4, 0.5) is 10.1 Å². The number of nitrogens with zero attached hydrogens (tertiary/aromatic N) is 3. The van der Waals surface area contributed by atoms with Crippen LogP contribution in [-0.4, -0.2) is 9.55 Å². The average Bonchev–Trinajstić information content (AvgIpc) is 2.99. The summed E-state index contributed by atoms with van der Waals surface area (Å²) in [6.07, 6.45) is 2.66. The van der Waals surface area contributed by atoms with Crippen LogP contribution in [0.3, 0.4) is 0 Å². The van der Waals surface area contributed by atoms with Gasteiger partial charge in [-0.15, -0.1) is 0 Å². The smallest absolute Gasteiger partial charge is 0.137 e. The number of nitrogens with one attached hydrogen (secondary N) is 1. The Morgan fingerprint density at radius 1 is 1.27 bits per heavy atom. The first-order chi connectivity index (χ1) is 12.5. The van der Waals surface area contributed by atoms with E-state index in [1.54, 1.807) is 18.2 Å². The third kappa shape index (κ3) is 3.78. The Morgan fingerprint density at radius 2 is 2.00 bits per heavy atom. The number of aromatic nitrogens is 2. The summed E-state index contributed by atoms with van der Waals surface area (Å²) in [6, 6.07) is 13.9. The average molecular weight is 413 g/mol. The van der Waals surface area contributed by atoms with Crippen molar-refractivity contribution in [3.63, 3.8) is 0 Å². The largest absolute Gasteiger partial charge is 0.371 e. The van der Waals surface area contributed by atoms with E-state index in [9.17, 15) is 4.39 Å². The minimum Gasteiger partial charge on any atom is -0.371 e. The maximum Gasteiger partial charge on any atom is 0.137 e. The molecule has 0 saturated heterocycles. The fraction of sp³-hybridized carbons (Fsp3) is 0.200. The van der Waals surface area contributed by atoms with Gasteiger partial charge in [0.1, 0.15) is 22.3 Å². The molecule has 1 atom stereocenters. The minimum absolute atomic E-state index is 0.285. The van der Waals surface area contributed by atoms with Crippen molar-refractivity contribution in [3.8, 4) is 6.07 Å². The van der Waals surface area contributed by atoms with Crippen LogP contribution in [0.15, 0.2) is 53.3 Å². The molecule has 1 heterocycles. The molecule has 2 aromatic carbocycles. The zero-order chi connectivity index (χ0) is 18.7. The van der Waals surface area contributed by atoms with E-state index in [0.29, 0.717) is 21.6 Å². The lowest BCUT2D eigenvalue weighted by molar-refractivity contribution is 0.595. The van der Waals surface area contributed by atoms with Crippen molar-refractivity contribution in [1.82, 2.24) is 9.55 Å². The first kappa shape index (κ1) is 18.2. The van der Waals surface area contributed by atoms with E-state index >= 15 is 0 Å². The maximum absolute atomic E-state index is 14.7. The Morgan fingerprint density at radius 3 is 2.58 bits per heavy atom. The van der Waals surface area contributed by atoms with Gasteiger partial charge in [-0.05, 0) is 58.2 Å². The molecule has 4 nitrogen and oxygen atoms in total. The SMILES string of the molecule is CCc1ccc(F)c(C(Nc2ccc(C#N)cc2)c2nc(Br)cn2C)c1. The van der Waals surface area contributed by atoms with E-state index in [-0.39, 0.29) is 5.82 Å². The number of imidazole rings is 1. The molecule has 0 spiro atoms. The van der Waals surface area contributed by atoms with Crippen molar-refractivity contribution in [2.75, 3.05) is 5.32 Å². The zero-order valence-electron chi connectivity index (χ0n) is 14.5. The molecule has 132 valence electrons. The summed E-state index contributed by atoms with van der Waals surface area (Å²) in [5, 5.41) is 12.3. The third-order valence-corrected chi connectivity index (χ3v) is 4.63. The highest BCUT2D eigenvalue weighted by molar-refractivity contribution is 9.10. The normalized spacial score (nSPS) is 11.8. The fourth-order valence-corrected chi connectivity index (χ4v) is 3.32. The molecule has 0 fully saturated rings. The molecule has 0 aliphatic heterocycles. The van der Waals surface area contributed by atoms with Crippen LogP contribution in [0.25, 0.3) is 0 Å². The van der Waals surface area contributed by atoms with Crippen LogP contribution >= 0.6 is 15.9 Å². The van der Waals surface area contributed by atoms with Gasteiger partial charge in [0.2, 0.25) is 0 Å². The lowest BCUT2D eigenvalue weighted by Crippen LogP contribution is -2.18. The minimum atomic E-state index is -0.467. The summed E-state index contributed by atoms with van der Waals surface area (Å²) in [7, 11) is 1.88. The molecule has 1 aromatic heterocycles. The van der Waals surface area contributed by atoms with Crippen molar-refractivity contribution in [1.29, 1.82) is 5.26 Å². The van der Waals surface area contributed by atoms with Crippen LogP contribution in [0, 0.1) is 17.1 Å². The van der Waals surface area contributed by atoms with Crippen molar-refractivity contribution in [2.24, 2.45) is 7.05 Å². The standard InChI is InChI=1S/C20H18BrFN4/c1-3-13-6-9-17(22)16(10-13)19(20-25-18(21)12-26(20)2)24-15-7-4-14(11-23)5-8-15/h4-10,12,19,24H,3H2,1-2H3. The highest BCUT2D eigenvalue weighted by atomic mass is 79.9. The van der Waals surface area contributed by atoms with E-state index in [4.69, 9.17) is 5.26 Å². The number of nitriles is 1. The molecule has 3 rings (SSSR count). The predicted octanol–water partition coefficient (Wildman–Crippen LogP) is 4.96. The molecule has 0 saturated carbocycles. The van der Waals surface area contributed by atoms with E-state index < -0.39 is 6.04 Å². The number of aryl methyl sites for hydroxylation is 2. The second-order valence-electron chi connectivity index (χ2n) is 6.01. The Bertz CT molecular complexity index is 957. The van der Waals surface area contributed by atoms with Crippen molar-refractivity contribution >= 4 is 21.6 Å². The number of benzene rings is 2. The Balaban J connectivity index is 2.07. The number of hydrogen-bond acceptors (Lipinski definition) is 3. The molecule has 6 heteroatoms. The first-order valence-electron chi connectivity index (χ1n) is 8.25. The lowest BCUT2D eigenvalue weighted by atomic mass is 10.0. The van der Waals surface area contributed by atoms with Gasteiger partial charge in [0.15, 0.2) is 0 Å². The molecular weight excluding hydrogens is 395 g/mol. The van der Waals surface area contributed by atoms with Crippen LogP contribution in [-0.2, 0) is 13.5 Å². The third-order valence-electron chi connectivity index (χ3n) is 4.25. The van der Waals surface area contributed by atoms with Crippen LogP contribution in [0.2, 0.25) is 0 Å². The van der Waals surface area contributed by atoms with Gasteiger partial charge in [0.25, 0.3) is 0 Å². The molecule has 0 radical (unpaired) electrons. The highest BCUT2D eigenvalue weighted by Gasteiger charge is 2.23. The molecule has 0 aliphatic carbocycles. The molecule has 0 bridgehead atoms.